The minimum absolute atomic E-state index is 0.276. The van der Waals surface area contributed by atoms with Crippen LogP contribution in [0, 0.1) is 0 Å². The number of benzene rings is 2. The van der Waals surface area contributed by atoms with Crippen LogP contribution in [0.5, 0.6) is 0 Å². The van der Waals surface area contributed by atoms with Crippen LogP contribution >= 0.6 is 31.9 Å². The van der Waals surface area contributed by atoms with Crippen LogP contribution in [0.1, 0.15) is 31.4 Å². The lowest BCUT2D eigenvalue weighted by atomic mass is 9.97. The molecular formula is C19H18Br2O. The molecule has 114 valence electrons. The van der Waals surface area contributed by atoms with Crippen LogP contribution in [-0.4, -0.2) is 5.11 Å². The van der Waals surface area contributed by atoms with Gasteiger partial charge < -0.3 is 5.11 Å². The van der Waals surface area contributed by atoms with E-state index in [2.05, 4.69) is 57.8 Å². The van der Waals surface area contributed by atoms with Gasteiger partial charge in [-0.2, -0.15) is 0 Å². The van der Waals surface area contributed by atoms with Crippen LogP contribution in [0.4, 0.5) is 0 Å². The highest BCUT2D eigenvalue weighted by Crippen LogP contribution is 2.27. The number of aliphatic hydroxyl groups is 1. The Morgan fingerprint density at radius 2 is 1.36 bits per heavy atom. The minimum Gasteiger partial charge on any atom is -0.507 e. The van der Waals surface area contributed by atoms with E-state index in [1.54, 1.807) is 0 Å². The summed E-state index contributed by atoms with van der Waals surface area (Å²) in [6.07, 6.45) is 2.79. The van der Waals surface area contributed by atoms with E-state index in [9.17, 15) is 5.11 Å². The molecule has 0 saturated heterocycles. The molecule has 0 spiro atoms. The summed E-state index contributed by atoms with van der Waals surface area (Å²) in [5.41, 5.74) is 4.22. The van der Waals surface area contributed by atoms with Gasteiger partial charge in [0.2, 0.25) is 0 Å². The standard InChI is InChI=1S/C19H18Br2O/c1-3-13(2)18(14-4-8-16(20)9-5-14)12-19(22)15-6-10-17(21)11-7-15/h4-12,22H,3H2,1-2H3/b18-13+,19-12-. The molecule has 2 aromatic carbocycles. The van der Waals surface area contributed by atoms with E-state index >= 15 is 0 Å². The van der Waals surface area contributed by atoms with E-state index < -0.39 is 0 Å². The molecule has 22 heavy (non-hydrogen) atoms. The lowest BCUT2D eigenvalue weighted by Gasteiger charge is -2.10. The maximum absolute atomic E-state index is 10.4. The van der Waals surface area contributed by atoms with Crippen LogP contribution in [0.25, 0.3) is 11.3 Å². The lowest BCUT2D eigenvalue weighted by Crippen LogP contribution is -1.90. The molecular weight excluding hydrogens is 404 g/mol. The third-order valence-corrected chi connectivity index (χ3v) is 4.62. The summed E-state index contributed by atoms with van der Waals surface area (Å²) >= 11 is 6.87. The van der Waals surface area contributed by atoms with E-state index in [4.69, 9.17) is 0 Å². The Morgan fingerprint density at radius 3 is 1.82 bits per heavy atom. The summed E-state index contributed by atoms with van der Waals surface area (Å²) in [5.74, 6) is 0.276. The van der Waals surface area contributed by atoms with E-state index in [1.165, 1.54) is 5.57 Å². The van der Waals surface area contributed by atoms with Crippen LogP contribution in [-0.2, 0) is 0 Å². The summed E-state index contributed by atoms with van der Waals surface area (Å²) in [6.45, 7) is 4.22. The van der Waals surface area contributed by atoms with E-state index in [-0.39, 0.29) is 5.76 Å². The van der Waals surface area contributed by atoms with Gasteiger partial charge in [-0.25, -0.2) is 0 Å². The van der Waals surface area contributed by atoms with Gasteiger partial charge in [0, 0.05) is 14.5 Å². The van der Waals surface area contributed by atoms with E-state index in [1.807, 2.05) is 42.5 Å². The Bertz CT molecular complexity index is 695. The fourth-order valence-electron chi connectivity index (χ4n) is 2.11. The molecule has 0 heterocycles. The average Bonchev–Trinajstić information content (AvgIpc) is 2.53. The van der Waals surface area contributed by atoms with Crippen molar-refractivity contribution in [2.75, 3.05) is 0 Å². The molecule has 2 rings (SSSR count). The summed E-state index contributed by atoms with van der Waals surface area (Å²) in [4.78, 5) is 0. The van der Waals surface area contributed by atoms with Crippen molar-refractivity contribution < 1.29 is 5.11 Å². The Kier molecular flexibility index (Phi) is 6.04. The maximum Gasteiger partial charge on any atom is 0.123 e. The minimum atomic E-state index is 0.276. The largest absolute Gasteiger partial charge is 0.507 e. The highest BCUT2D eigenvalue weighted by atomic mass is 79.9. The maximum atomic E-state index is 10.4. The number of aliphatic hydroxyl groups excluding tert-OH is 1. The number of rotatable bonds is 4. The molecule has 0 aliphatic carbocycles. The summed E-state index contributed by atoms with van der Waals surface area (Å²) in [5, 5.41) is 10.4. The van der Waals surface area contributed by atoms with Gasteiger partial charge >= 0.3 is 0 Å². The van der Waals surface area contributed by atoms with Gasteiger partial charge in [-0.05, 0) is 54.8 Å². The van der Waals surface area contributed by atoms with Crippen LogP contribution in [0.2, 0.25) is 0 Å². The topological polar surface area (TPSA) is 20.2 Å². The number of allylic oxidation sites excluding steroid dienone is 3. The fraction of sp³-hybridized carbons (Fsp3) is 0.158. The molecule has 2 aromatic rings. The second-order valence-electron chi connectivity index (χ2n) is 5.09. The molecule has 0 aromatic heterocycles. The second-order valence-corrected chi connectivity index (χ2v) is 6.92. The first-order valence-electron chi connectivity index (χ1n) is 7.13. The molecule has 0 aliphatic rings. The molecule has 1 nitrogen and oxygen atoms in total. The first-order chi connectivity index (χ1) is 10.5. The third-order valence-electron chi connectivity index (χ3n) is 3.57. The Morgan fingerprint density at radius 1 is 0.909 bits per heavy atom. The molecule has 0 saturated carbocycles. The van der Waals surface area contributed by atoms with Crippen molar-refractivity contribution in [1.82, 2.24) is 0 Å². The van der Waals surface area contributed by atoms with Gasteiger partial charge in [0.25, 0.3) is 0 Å². The van der Waals surface area contributed by atoms with Crippen molar-refractivity contribution >= 4 is 43.2 Å². The zero-order valence-electron chi connectivity index (χ0n) is 12.6. The van der Waals surface area contributed by atoms with Gasteiger partial charge in [0.15, 0.2) is 0 Å². The van der Waals surface area contributed by atoms with Crippen molar-refractivity contribution in [3.05, 3.63) is 80.3 Å². The molecule has 3 heteroatoms. The van der Waals surface area contributed by atoms with Crippen LogP contribution < -0.4 is 0 Å². The zero-order chi connectivity index (χ0) is 16.1. The Hall–Kier alpha value is -1.32. The zero-order valence-corrected chi connectivity index (χ0v) is 15.8. The highest BCUT2D eigenvalue weighted by molar-refractivity contribution is 9.10. The van der Waals surface area contributed by atoms with Gasteiger partial charge in [0.05, 0.1) is 0 Å². The normalized spacial score (nSPS) is 13.0. The monoisotopic (exact) mass is 420 g/mol. The van der Waals surface area contributed by atoms with Gasteiger partial charge in [0.1, 0.15) is 5.76 Å². The molecule has 1 N–H and O–H groups in total. The summed E-state index contributed by atoms with van der Waals surface area (Å²) in [6, 6.07) is 15.8. The fourth-order valence-corrected chi connectivity index (χ4v) is 2.64. The lowest BCUT2D eigenvalue weighted by molar-refractivity contribution is 0.512. The van der Waals surface area contributed by atoms with Crippen molar-refractivity contribution in [3.63, 3.8) is 0 Å². The van der Waals surface area contributed by atoms with Gasteiger partial charge in [-0.3, -0.25) is 0 Å². The molecule has 0 bridgehead atoms. The SMILES string of the molecule is CC/C(C)=C(\C=C(/O)c1ccc(Br)cc1)c1ccc(Br)cc1. The van der Waals surface area contributed by atoms with E-state index in [0.29, 0.717) is 0 Å². The van der Waals surface area contributed by atoms with E-state index in [0.717, 1.165) is 32.1 Å². The number of halogens is 2. The molecule has 0 amide bonds. The van der Waals surface area contributed by atoms with Crippen molar-refractivity contribution in [2.24, 2.45) is 0 Å². The Labute approximate surface area is 148 Å². The third kappa shape index (κ3) is 4.34. The molecule has 0 atom stereocenters. The Balaban J connectivity index is 2.45. The van der Waals surface area contributed by atoms with Crippen LogP contribution in [0.3, 0.4) is 0 Å². The molecule has 0 aliphatic heterocycles. The molecule has 0 unspecified atom stereocenters. The molecule has 0 fully saturated rings. The van der Waals surface area contributed by atoms with Crippen molar-refractivity contribution in [2.45, 2.75) is 20.3 Å². The highest BCUT2D eigenvalue weighted by Gasteiger charge is 2.06. The van der Waals surface area contributed by atoms with Gasteiger partial charge in [-0.15, -0.1) is 0 Å². The van der Waals surface area contributed by atoms with Crippen molar-refractivity contribution in [1.29, 1.82) is 0 Å². The average molecular weight is 422 g/mol. The summed E-state index contributed by atoms with van der Waals surface area (Å²) < 4.78 is 2.04. The second kappa shape index (κ2) is 7.80. The predicted octanol–water partition coefficient (Wildman–Crippen LogP) is 6.99. The summed E-state index contributed by atoms with van der Waals surface area (Å²) in [7, 11) is 0. The molecule has 0 radical (unpaired) electrons. The smallest absolute Gasteiger partial charge is 0.123 e. The first kappa shape index (κ1) is 17.0. The predicted molar refractivity (Wildman–Crippen MR) is 102 cm³/mol. The van der Waals surface area contributed by atoms with Gasteiger partial charge in [-0.1, -0.05) is 68.6 Å². The van der Waals surface area contributed by atoms with Crippen molar-refractivity contribution in [3.8, 4) is 0 Å². The quantitative estimate of drug-likeness (QED) is 0.416. The first-order valence-corrected chi connectivity index (χ1v) is 8.72. The van der Waals surface area contributed by atoms with Crippen LogP contribution in [0.15, 0.2) is 69.1 Å². The number of hydrogen-bond acceptors (Lipinski definition) is 1. The number of hydrogen-bond donors (Lipinski definition) is 1.